The molecule has 14 heavy (non-hydrogen) atoms. The predicted molar refractivity (Wildman–Crippen MR) is 65.8 cm³/mol. The minimum atomic E-state index is 0. The number of nitrogens with two attached hydrogens (primary N) is 1. The van der Waals surface area contributed by atoms with E-state index in [0.717, 1.165) is 26.8 Å². The number of fused-ring (bicyclic) bond motifs is 1. The molecule has 74 valence electrons. The summed E-state index contributed by atoms with van der Waals surface area (Å²) in [5.41, 5.74) is 8.57. The van der Waals surface area contributed by atoms with Crippen molar-refractivity contribution in [3.8, 4) is 0 Å². The summed E-state index contributed by atoms with van der Waals surface area (Å²) in [6.07, 6.45) is 0. The van der Waals surface area contributed by atoms with E-state index in [0.29, 0.717) is 0 Å². The SMILES string of the molecule is Cc1nc2ccccc2c(N)c1Br.Cl. The van der Waals surface area contributed by atoms with Gasteiger partial charge < -0.3 is 5.73 Å². The summed E-state index contributed by atoms with van der Waals surface area (Å²) in [7, 11) is 0. The minimum Gasteiger partial charge on any atom is -0.397 e. The first-order valence-corrected chi connectivity index (χ1v) is 4.80. The van der Waals surface area contributed by atoms with Gasteiger partial charge in [0, 0.05) is 5.39 Å². The number of para-hydroxylation sites is 1. The third-order valence-electron chi connectivity index (χ3n) is 2.04. The van der Waals surface area contributed by atoms with Gasteiger partial charge in [-0.2, -0.15) is 0 Å². The topological polar surface area (TPSA) is 38.9 Å². The molecule has 0 unspecified atom stereocenters. The molecule has 4 heteroatoms. The van der Waals surface area contributed by atoms with Crippen LogP contribution in [0.1, 0.15) is 5.69 Å². The summed E-state index contributed by atoms with van der Waals surface area (Å²) in [5, 5.41) is 1.000. The Morgan fingerprint density at radius 2 is 1.93 bits per heavy atom. The molecule has 0 aliphatic rings. The van der Waals surface area contributed by atoms with Crippen LogP contribution >= 0.6 is 28.3 Å². The Morgan fingerprint density at radius 3 is 2.64 bits per heavy atom. The van der Waals surface area contributed by atoms with Gasteiger partial charge in [-0.05, 0) is 28.9 Å². The molecule has 0 radical (unpaired) electrons. The zero-order chi connectivity index (χ0) is 9.42. The second-order valence-electron chi connectivity index (χ2n) is 2.94. The fourth-order valence-electron chi connectivity index (χ4n) is 1.34. The van der Waals surface area contributed by atoms with Crippen molar-refractivity contribution in [1.82, 2.24) is 4.98 Å². The zero-order valence-corrected chi connectivity index (χ0v) is 10.0. The average molecular weight is 274 g/mol. The molecule has 0 aliphatic carbocycles. The molecule has 0 spiro atoms. The molecule has 1 heterocycles. The fourth-order valence-corrected chi connectivity index (χ4v) is 1.64. The zero-order valence-electron chi connectivity index (χ0n) is 7.62. The number of aromatic nitrogens is 1. The van der Waals surface area contributed by atoms with Crippen LogP contribution in [0.25, 0.3) is 10.9 Å². The number of hydrogen-bond acceptors (Lipinski definition) is 2. The van der Waals surface area contributed by atoms with Crippen LogP contribution in [0, 0.1) is 6.92 Å². The molecule has 0 bridgehead atoms. The van der Waals surface area contributed by atoms with Crippen molar-refractivity contribution in [3.05, 3.63) is 34.4 Å². The third-order valence-corrected chi connectivity index (χ3v) is 3.04. The lowest BCUT2D eigenvalue weighted by molar-refractivity contribution is 1.24. The van der Waals surface area contributed by atoms with E-state index < -0.39 is 0 Å². The van der Waals surface area contributed by atoms with Gasteiger partial charge in [0.2, 0.25) is 0 Å². The Labute approximate surface area is 97.1 Å². The normalized spacial score (nSPS) is 9.86. The molecule has 2 rings (SSSR count). The predicted octanol–water partition coefficient (Wildman–Crippen LogP) is 3.31. The van der Waals surface area contributed by atoms with Gasteiger partial charge >= 0.3 is 0 Å². The quantitative estimate of drug-likeness (QED) is 0.800. The maximum atomic E-state index is 5.93. The molecule has 0 atom stereocenters. The van der Waals surface area contributed by atoms with Crippen molar-refractivity contribution in [2.24, 2.45) is 0 Å². The Morgan fingerprint density at radius 1 is 1.29 bits per heavy atom. The first-order chi connectivity index (χ1) is 6.20. The second-order valence-corrected chi connectivity index (χ2v) is 3.74. The Bertz CT molecular complexity index is 471. The number of pyridine rings is 1. The molecule has 0 amide bonds. The smallest absolute Gasteiger partial charge is 0.0726 e. The number of benzene rings is 1. The Balaban J connectivity index is 0.000000980. The molecule has 1 aromatic carbocycles. The van der Waals surface area contributed by atoms with Crippen molar-refractivity contribution in [2.45, 2.75) is 6.92 Å². The van der Waals surface area contributed by atoms with E-state index in [1.807, 2.05) is 31.2 Å². The highest BCUT2D eigenvalue weighted by Gasteiger charge is 2.05. The highest BCUT2D eigenvalue weighted by Crippen LogP contribution is 2.29. The van der Waals surface area contributed by atoms with E-state index in [-0.39, 0.29) is 12.4 Å². The lowest BCUT2D eigenvalue weighted by Crippen LogP contribution is -1.94. The van der Waals surface area contributed by atoms with Crippen LogP contribution in [-0.2, 0) is 0 Å². The summed E-state index contributed by atoms with van der Waals surface area (Å²) >= 11 is 3.41. The fraction of sp³-hybridized carbons (Fsp3) is 0.100. The first kappa shape index (κ1) is 11.3. The number of halogens is 2. The second kappa shape index (κ2) is 4.15. The van der Waals surface area contributed by atoms with Gasteiger partial charge in [0.15, 0.2) is 0 Å². The molecule has 2 N–H and O–H groups in total. The summed E-state index contributed by atoms with van der Waals surface area (Å²) in [6, 6.07) is 7.86. The summed E-state index contributed by atoms with van der Waals surface area (Å²) in [4.78, 5) is 4.41. The highest BCUT2D eigenvalue weighted by atomic mass is 79.9. The van der Waals surface area contributed by atoms with Crippen molar-refractivity contribution in [2.75, 3.05) is 5.73 Å². The van der Waals surface area contributed by atoms with E-state index in [1.165, 1.54) is 0 Å². The maximum absolute atomic E-state index is 5.93. The van der Waals surface area contributed by atoms with E-state index in [1.54, 1.807) is 0 Å². The highest BCUT2D eigenvalue weighted by molar-refractivity contribution is 9.10. The molecular formula is C10H10BrClN2. The number of anilines is 1. The van der Waals surface area contributed by atoms with Gasteiger partial charge in [-0.15, -0.1) is 12.4 Å². The van der Waals surface area contributed by atoms with Crippen molar-refractivity contribution >= 4 is 44.9 Å². The molecule has 0 aliphatic heterocycles. The molecule has 0 fully saturated rings. The van der Waals surface area contributed by atoms with Crippen molar-refractivity contribution in [1.29, 1.82) is 0 Å². The van der Waals surface area contributed by atoms with Gasteiger partial charge in [-0.3, -0.25) is 4.98 Å². The van der Waals surface area contributed by atoms with E-state index in [4.69, 9.17) is 5.73 Å². The lowest BCUT2D eigenvalue weighted by atomic mass is 10.2. The number of nitrogens with zero attached hydrogens (tertiary/aromatic N) is 1. The van der Waals surface area contributed by atoms with Gasteiger partial charge in [-0.1, -0.05) is 18.2 Å². The van der Waals surface area contributed by atoms with Gasteiger partial charge in [0.25, 0.3) is 0 Å². The van der Waals surface area contributed by atoms with E-state index in [9.17, 15) is 0 Å². The molecule has 2 nitrogen and oxygen atoms in total. The van der Waals surface area contributed by atoms with Crippen LogP contribution in [0.15, 0.2) is 28.7 Å². The Hall–Kier alpha value is -0.800. The molecule has 2 aromatic rings. The number of hydrogen-bond donors (Lipinski definition) is 1. The molecular weight excluding hydrogens is 263 g/mol. The average Bonchev–Trinajstić information content (AvgIpc) is 2.15. The lowest BCUT2D eigenvalue weighted by Gasteiger charge is -2.05. The van der Waals surface area contributed by atoms with Crippen LogP contribution in [0.3, 0.4) is 0 Å². The van der Waals surface area contributed by atoms with Crippen LogP contribution in [-0.4, -0.2) is 4.98 Å². The molecule has 0 saturated carbocycles. The summed E-state index contributed by atoms with van der Waals surface area (Å²) in [5.74, 6) is 0. The van der Waals surface area contributed by atoms with Crippen LogP contribution in [0.4, 0.5) is 5.69 Å². The monoisotopic (exact) mass is 272 g/mol. The van der Waals surface area contributed by atoms with Gasteiger partial charge in [0.1, 0.15) is 0 Å². The van der Waals surface area contributed by atoms with E-state index in [2.05, 4.69) is 20.9 Å². The first-order valence-electron chi connectivity index (χ1n) is 4.00. The number of aryl methyl sites for hydroxylation is 1. The van der Waals surface area contributed by atoms with Crippen LogP contribution in [0.5, 0.6) is 0 Å². The summed E-state index contributed by atoms with van der Waals surface area (Å²) < 4.78 is 0.895. The van der Waals surface area contributed by atoms with Gasteiger partial charge in [-0.25, -0.2) is 0 Å². The van der Waals surface area contributed by atoms with Gasteiger partial charge in [0.05, 0.1) is 21.4 Å². The van der Waals surface area contributed by atoms with Crippen LogP contribution < -0.4 is 5.73 Å². The largest absolute Gasteiger partial charge is 0.397 e. The van der Waals surface area contributed by atoms with Crippen molar-refractivity contribution in [3.63, 3.8) is 0 Å². The summed E-state index contributed by atoms with van der Waals surface area (Å²) in [6.45, 7) is 1.94. The number of nitrogen functional groups attached to an aromatic ring is 1. The number of rotatable bonds is 0. The Kier molecular flexibility index (Phi) is 3.34. The molecule has 1 aromatic heterocycles. The van der Waals surface area contributed by atoms with E-state index >= 15 is 0 Å². The standard InChI is InChI=1S/C10H9BrN2.ClH/c1-6-9(11)10(12)7-4-2-3-5-8(7)13-6;/h2-5H,1H3,(H2,12,13);1H. The maximum Gasteiger partial charge on any atom is 0.0726 e. The minimum absolute atomic E-state index is 0. The van der Waals surface area contributed by atoms with Crippen molar-refractivity contribution < 1.29 is 0 Å². The molecule has 0 saturated heterocycles. The van der Waals surface area contributed by atoms with Crippen LogP contribution in [0.2, 0.25) is 0 Å². The third kappa shape index (κ3) is 1.70.